The lowest BCUT2D eigenvalue weighted by Crippen LogP contribution is -2.21. The lowest BCUT2D eigenvalue weighted by molar-refractivity contribution is 0.102. The summed E-state index contributed by atoms with van der Waals surface area (Å²) in [7, 11) is 0. The highest BCUT2D eigenvalue weighted by molar-refractivity contribution is 6.31. The van der Waals surface area contributed by atoms with E-state index < -0.39 is 0 Å². The van der Waals surface area contributed by atoms with Crippen LogP contribution in [0.15, 0.2) is 79.0 Å². The molecule has 178 valence electrons. The Hall–Kier alpha value is -3.57. The second-order valence-electron chi connectivity index (χ2n) is 9.26. The number of hydrogen-bond donors (Lipinski definition) is 1. The van der Waals surface area contributed by atoms with Crippen molar-refractivity contribution in [2.75, 3.05) is 23.3 Å². The average molecular weight is 485 g/mol. The maximum absolute atomic E-state index is 13.7. The number of nitrogens with zero attached hydrogens (tertiary/aromatic N) is 3. The van der Waals surface area contributed by atoms with Crippen molar-refractivity contribution < 1.29 is 4.79 Å². The van der Waals surface area contributed by atoms with E-state index >= 15 is 0 Å². The molecule has 0 bridgehead atoms. The Morgan fingerprint density at radius 1 is 0.971 bits per heavy atom. The van der Waals surface area contributed by atoms with Crippen LogP contribution in [0.3, 0.4) is 0 Å². The van der Waals surface area contributed by atoms with Crippen LogP contribution in [-0.2, 0) is 0 Å². The minimum absolute atomic E-state index is 0.210. The Morgan fingerprint density at radius 2 is 1.69 bits per heavy atom. The van der Waals surface area contributed by atoms with Gasteiger partial charge in [0.05, 0.1) is 22.6 Å². The highest BCUT2D eigenvalue weighted by Gasteiger charge is 2.22. The van der Waals surface area contributed by atoms with Crippen LogP contribution in [0.4, 0.5) is 11.4 Å². The molecule has 1 saturated heterocycles. The standard InChI is InChI=1S/C29H29ClN4O/c1-20(2)21-10-12-22(13-11-21)28-25(19-34(32-28)24-8-4-3-5-9-24)29(35)31-26-18-23(30)14-15-27(26)33-16-6-7-17-33/h3-5,8-15,18-20H,6-7,16-17H2,1-2H3,(H,31,35). The van der Waals surface area contributed by atoms with E-state index in [0.717, 1.165) is 48.6 Å². The predicted molar refractivity (Wildman–Crippen MR) is 144 cm³/mol. The zero-order valence-electron chi connectivity index (χ0n) is 20.0. The summed E-state index contributed by atoms with van der Waals surface area (Å²) in [4.78, 5) is 16.0. The van der Waals surface area contributed by atoms with Crippen molar-refractivity contribution in [1.29, 1.82) is 0 Å². The molecule has 0 atom stereocenters. The fourth-order valence-electron chi connectivity index (χ4n) is 4.52. The largest absolute Gasteiger partial charge is 0.370 e. The van der Waals surface area contributed by atoms with E-state index in [9.17, 15) is 4.79 Å². The Labute approximate surface area is 211 Å². The summed E-state index contributed by atoms with van der Waals surface area (Å²) < 4.78 is 1.76. The zero-order chi connectivity index (χ0) is 24.4. The quantitative estimate of drug-likeness (QED) is 0.315. The lowest BCUT2D eigenvalue weighted by atomic mass is 10.00. The smallest absolute Gasteiger partial charge is 0.259 e. The normalized spacial score (nSPS) is 13.4. The molecular weight excluding hydrogens is 456 g/mol. The number of nitrogens with one attached hydrogen (secondary N) is 1. The number of rotatable bonds is 6. The number of carbonyl (C=O) groups excluding carboxylic acids is 1. The Balaban J connectivity index is 1.54. The molecule has 1 N–H and O–H groups in total. The fourth-order valence-corrected chi connectivity index (χ4v) is 4.70. The van der Waals surface area contributed by atoms with E-state index in [1.54, 1.807) is 10.9 Å². The van der Waals surface area contributed by atoms with E-state index in [1.165, 1.54) is 5.56 Å². The molecule has 0 aliphatic carbocycles. The van der Waals surface area contributed by atoms with Gasteiger partial charge in [-0.3, -0.25) is 4.79 Å². The molecule has 5 nitrogen and oxygen atoms in total. The Bertz CT molecular complexity index is 1320. The first-order valence-corrected chi connectivity index (χ1v) is 12.5. The second kappa shape index (κ2) is 9.96. The Morgan fingerprint density at radius 3 is 2.37 bits per heavy atom. The molecule has 35 heavy (non-hydrogen) atoms. The summed E-state index contributed by atoms with van der Waals surface area (Å²) in [6.07, 6.45) is 4.10. The van der Waals surface area contributed by atoms with Crippen molar-refractivity contribution in [3.63, 3.8) is 0 Å². The predicted octanol–water partition coefficient (Wildman–Crippen LogP) is 7.17. The molecule has 2 heterocycles. The van der Waals surface area contributed by atoms with Crippen LogP contribution in [0.5, 0.6) is 0 Å². The molecule has 1 fully saturated rings. The molecular formula is C29H29ClN4O. The number of halogens is 1. The van der Waals surface area contributed by atoms with Gasteiger partial charge in [-0.25, -0.2) is 4.68 Å². The number of amides is 1. The van der Waals surface area contributed by atoms with Crippen LogP contribution in [0.1, 0.15) is 48.5 Å². The molecule has 1 aliphatic rings. The van der Waals surface area contributed by atoms with Gasteiger partial charge in [-0.05, 0) is 54.7 Å². The number of hydrogen-bond acceptors (Lipinski definition) is 3. The molecule has 4 aromatic rings. The summed E-state index contributed by atoms with van der Waals surface area (Å²) in [6, 6.07) is 23.8. The van der Waals surface area contributed by atoms with E-state index in [0.29, 0.717) is 22.2 Å². The van der Waals surface area contributed by atoms with Gasteiger partial charge in [0.15, 0.2) is 0 Å². The molecule has 3 aromatic carbocycles. The number of anilines is 2. The molecule has 0 radical (unpaired) electrons. The molecule has 5 rings (SSSR count). The molecule has 0 unspecified atom stereocenters. The van der Waals surface area contributed by atoms with Gasteiger partial charge in [-0.1, -0.05) is 67.9 Å². The van der Waals surface area contributed by atoms with E-state index in [4.69, 9.17) is 16.7 Å². The fraction of sp³-hybridized carbons (Fsp3) is 0.241. The first-order chi connectivity index (χ1) is 17.0. The third-order valence-electron chi connectivity index (χ3n) is 6.48. The van der Waals surface area contributed by atoms with Gasteiger partial charge in [-0.2, -0.15) is 5.10 Å². The monoisotopic (exact) mass is 484 g/mol. The van der Waals surface area contributed by atoms with Gasteiger partial charge in [0.2, 0.25) is 0 Å². The van der Waals surface area contributed by atoms with Gasteiger partial charge in [0.25, 0.3) is 5.91 Å². The highest BCUT2D eigenvalue weighted by atomic mass is 35.5. The van der Waals surface area contributed by atoms with Gasteiger partial charge in [0.1, 0.15) is 5.69 Å². The van der Waals surface area contributed by atoms with Gasteiger partial charge < -0.3 is 10.2 Å². The lowest BCUT2D eigenvalue weighted by Gasteiger charge is -2.21. The van der Waals surface area contributed by atoms with Crippen molar-refractivity contribution in [3.05, 3.63) is 95.1 Å². The van der Waals surface area contributed by atoms with Crippen LogP contribution in [-0.4, -0.2) is 28.8 Å². The van der Waals surface area contributed by atoms with Crippen molar-refractivity contribution in [2.24, 2.45) is 0 Å². The van der Waals surface area contributed by atoms with E-state index in [1.807, 2.05) is 60.7 Å². The highest BCUT2D eigenvalue weighted by Crippen LogP contribution is 2.33. The van der Waals surface area contributed by atoms with Crippen LogP contribution in [0.2, 0.25) is 5.02 Å². The van der Waals surface area contributed by atoms with Crippen LogP contribution in [0.25, 0.3) is 16.9 Å². The Kier molecular flexibility index (Phi) is 6.60. The van der Waals surface area contributed by atoms with Crippen molar-refractivity contribution in [2.45, 2.75) is 32.6 Å². The molecule has 0 saturated carbocycles. The van der Waals surface area contributed by atoms with Crippen molar-refractivity contribution >= 4 is 28.9 Å². The first kappa shape index (κ1) is 23.2. The van der Waals surface area contributed by atoms with Crippen LogP contribution < -0.4 is 10.2 Å². The van der Waals surface area contributed by atoms with E-state index in [-0.39, 0.29) is 5.91 Å². The van der Waals surface area contributed by atoms with Crippen LogP contribution in [0, 0.1) is 0 Å². The summed E-state index contributed by atoms with van der Waals surface area (Å²) in [5.41, 5.74) is 5.92. The number of para-hydroxylation sites is 1. The second-order valence-corrected chi connectivity index (χ2v) is 9.69. The summed E-state index contributed by atoms with van der Waals surface area (Å²) in [5, 5.41) is 8.55. The third-order valence-corrected chi connectivity index (χ3v) is 6.72. The SMILES string of the molecule is CC(C)c1ccc(-c2nn(-c3ccccc3)cc2C(=O)Nc2cc(Cl)ccc2N2CCCC2)cc1. The molecule has 0 spiro atoms. The molecule has 1 aliphatic heterocycles. The van der Waals surface area contributed by atoms with Gasteiger partial charge in [0, 0.05) is 29.9 Å². The van der Waals surface area contributed by atoms with Gasteiger partial charge in [-0.15, -0.1) is 0 Å². The minimum atomic E-state index is -0.210. The maximum Gasteiger partial charge on any atom is 0.259 e. The average Bonchev–Trinajstić information content (AvgIpc) is 3.56. The molecule has 1 aromatic heterocycles. The summed E-state index contributed by atoms with van der Waals surface area (Å²) in [5.74, 6) is 0.221. The number of benzene rings is 3. The van der Waals surface area contributed by atoms with Gasteiger partial charge >= 0.3 is 0 Å². The van der Waals surface area contributed by atoms with Crippen LogP contribution >= 0.6 is 11.6 Å². The van der Waals surface area contributed by atoms with Crippen molar-refractivity contribution in [1.82, 2.24) is 9.78 Å². The third kappa shape index (κ3) is 4.96. The van der Waals surface area contributed by atoms with E-state index in [2.05, 4.69) is 36.2 Å². The number of aromatic nitrogens is 2. The maximum atomic E-state index is 13.7. The summed E-state index contributed by atoms with van der Waals surface area (Å²) in [6.45, 7) is 6.29. The first-order valence-electron chi connectivity index (χ1n) is 12.1. The molecule has 6 heteroatoms. The summed E-state index contributed by atoms with van der Waals surface area (Å²) >= 11 is 6.32. The zero-order valence-corrected chi connectivity index (χ0v) is 20.8. The topological polar surface area (TPSA) is 50.2 Å². The molecule has 1 amide bonds. The minimum Gasteiger partial charge on any atom is -0.370 e. The van der Waals surface area contributed by atoms with Crippen molar-refractivity contribution in [3.8, 4) is 16.9 Å². The number of carbonyl (C=O) groups is 1.